The Morgan fingerprint density at radius 2 is 1.78 bits per heavy atom. The molecule has 0 radical (unpaired) electrons. The zero-order valence-electron chi connectivity index (χ0n) is 31.1. The van der Waals surface area contributed by atoms with Crippen LogP contribution in [0.4, 0.5) is 13.2 Å². The number of oxazole rings is 1. The Morgan fingerprint density at radius 3 is 2.55 bits per heavy atom. The standard InChI is InChI=1S/C41H42ClF3N6O7/c42-28-9-7-25(8-10-28)34-12-11-30(57-34)21-50-14-15-51(32(22-50)40(55)48-24-41(43,44)45)20-29(52)16-27(17-37-47-19-36(58-37)26-4-3-13-46-18-26)39(54)49-38-31-5-1-2-6-35(31)56-23-33(38)53/h1-13,18-19,27,29,32-33,38,52-53H,14-17,20-24H2,(H,48,55)(H,49,54)/t27-,29+,32+,33-,38+/m1/s1. The van der Waals surface area contributed by atoms with E-state index in [-0.39, 0.29) is 51.5 Å². The summed E-state index contributed by atoms with van der Waals surface area (Å²) < 4.78 is 57.3. The predicted molar refractivity (Wildman–Crippen MR) is 205 cm³/mol. The average Bonchev–Trinajstić information content (AvgIpc) is 3.89. The fourth-order valence-electron chi connectivity index (χ4n) is 7.25. The van der Waals surface area contributed by atoms with Crippen molar-refractivity contribution >= 4 is 23.4 Å². The molecule has 0 spiro atoms. The molecular formula is C41H42ClF3N6O7. The lowest BCUT2D eigenvalue weighted by atomic mass is 9.93. The van der Waals surface area contributed by atoms with E-state index in [0.717, 1.165) is 5.56 Å². The number of pyridine rings is 1. The van der Waals surface area contributed by atoms with Gasteiger partial charge in [0.15, 0.2) is 11.7 Å². The van der Waals surface area contributed by atoms with Crippen LogP contribution >= 0.6 is 11.6 Å². The average molecular weight is 823 g/mol. The summed E-state index contributed by atoms with van der Waals surface area (Å²) in [5.74, 6) is 0.0857. The van der Waals surface area contributed by atoms with Crippen LogP contribution < -0.4 is 15.4 Å². The Balaban J connectivity index is 1.06. The summed E-state index contributed by atoms with van der Waals surface area (Å²) in [7, 11) is 0. The highest BCUT2D eigenvalue weighted by Crippen LogP contribution is 2.33. The van der Waals surface area contributed by atoms with Crippen molar-refractivity contribution in [3.63, 3.8) is 0 Å². The SMILES string of the molecule is O=C(N[C@H]1c2ccccc2OC[C@H]1O)[C@@H](Cc1ncc(-c2cccnc2)o1)C[C@H](O)CN1CCN(Cc2ccc(-c3ccc(Cl)cc3)o2)C[C@H]1C(=O)NCC(F)(F)F. The van der Waals surface area contributed by atoms with Gasteiger partial charge in [0.25, 0.3) is 0 Å². The first kappa shape index (κ1) is 40.9. The maximum atomic E-state index is 14.1. The number of piperazine rings is 1. The molecule has 5 heterocycles. The molecule has 1 saturated heterocycles. The first-order chi connectivity index (χ1) is 27.9. The number of rotatable bonds is 14. The summed E-state index contributed by atoms with van der Waals surface area (Å²) >= 11 is 6.02. The summed E-state index contributed by atoms with van der Waals surface area (Å²) in [6, 6.07) is 19.4. The molecule has 0 unspecified atom stereocenters. The smallest absolute Gasteiger partial charge is 0.405 e. The number of fused-ring (bicyclic) bond motifs is 1. The molecule has 2 aliphatic heterocycles. The maximum Gasteiger partial charge on any atom is 0.405 e. The second kappa shape index (κ2) is 18.1. The molecule has 17 heteroatoms. The number of aliphatic hydroxyl groups excluding tert-OH is 2. The number of halogens is 4. The summed E-state index contributed by atoms with van der Waals surface area (Å²) in [5.41, 5.74) is 2.08. The van der Waals surface area contributed by atoms with E-state index >= 15 is 0 Å². The number of ether oxygens (including phenoxy) is 1. The van der Waals surface area contributed by atoms with E-state index < -0.39 is 54.7 Å². The van der Waals surface area contributed by atoms with Gasteiger partial charge in [0.05, 0.1) is 24.9 Å². The molecular weight excluding hydrogens is 781 g/mol. The number of amides is 2. The molecule has 13 nitrogen and oxygen atoms in total. The Labute approximate surface area is 336 Å². The van der Waals surface area contributed by atoms with Crippen LogP contribution in [0, 0.1) is 5.92 Å². The van der Waals surface area contributed by atoms with E-state index in [1.807, 2.05) is 28.4 Å². The van der Waals surface area contributed by atoms with Gasteiger partial charge in [0.1, 0.15) is 42.6 Å². The Morgan fingerprint density at radius 1 is 0.966 bits per heavy atom. The normalized spacial score (nSPS) is 19.8. The highest BCUT2D eigenvalue weighted by atomic mass is 35.5. The lowest BCUT2D eigenvalue weighted by Gasteiger charge is -2.41. The van der Waals surface area contributed by atoms with Crippen molar-refractivity contribution in [3.8, 4) is 28.4 Å². The molecule has 5 atom stereocenters. The van der Waals surface area contributed by atoms with E-state index in [1.54, 1.807) is 71.9 Å². The lowest BCUT2D eigenvalue weighted by molar-refractivity contribution is -0.143. The zero-order chi connectivity index (χ0) is 40.8. The third-order valence-electron chi connectivity index (χ3n) is 10.2. The van der Waals surface area contributed by atoms with Gasteiger partial charge >= 0.3 is 6.18 Å². The van der Waals surface area contributed by atoms with Crippen LogP contribution in [0.3, 0.4) is 0 Å². The summed E-state index contributed by atoms with van der Waals surface area (Å²) in [6.45, 7) is -0.719. The molecule has 7 rings (SSSR count). The van der Waals surface area contributed by atoms with Crippen molar-refractivity contribution in [1.82, 2.24) is 30.4 Å². The molecule has 2 amide bonds. The molecule has 5 aromatic rings. The van der Waals surface area contributed by atoms with Crippen LogP contribution in [-0.4, -0.2) is 106 Å². The zero-order valence-corrected chi connectivity index (χ0v) is 31.9. The number of alkyl halides is 3. The molecule has 4 N–H and O–H groups in total. The number of nitrogens with zero attached hydrogens (tertiary/aromatic N) is 4. The number of aliphatic hydroxyl groups is 2. The van der Waals surface area contributed by atoms with Crippen molar-refractivity contribution in [2.45, 2.75) is 49.9 Å². The summed E-state index contributed by atoms with van der Waals surface area (Å²) in [4.78, 5) is 39.5. The van der Waals surface area contributed by atoms with Crippen LogP contribution in [0.1, 0.15) is 29.7 Å². The molecule has 3 aromatic heterocycles. The summed E-state index contributed by atoms with van der Waals surface area (Å²) in [6.07, 6.45) is -2.32. The minimum Gasteiger partial charge on any atom is -0.490 e. The quantitative estimate of drug-likeness (QED) is 0.119. The van der Waals surface area contributed by atoms with Crippen molar-refractivity contribution < 1.29 is 46.5 Å². The number of β-amino-alcohol motifs (C(OH)–C–C–N with tert-alkyl or cyclic N) is 1. The summed E-state index contributed by atoms with van der Waals surface area (Å²) in [5, 5.41) is 28.0. The molecule has 0 saturated carbocycles. The van der Waals surface area contributed by atoms with Gasteiger partial charge in [-0.1, -0.05) is 29.8 Å². The molecule has 0 aliphatic carbocycles. The number of para-hydroxylation sites is 1. The number of furan rings is 1. The highest BCUT2D eigenvalue weighted by Gasteiger charge is 2.38. The van der Waals surface area contributed by atoms with Crippen LogP contribution in [0.2, 0.25) is 5.02 Å². The fourth-order valence-corrected chi connectivity index (χ4v) is 7.38. The molecule has 0 bridgehead atoms. The van der Waals surface area contributed by atoms with Crippen molar-refractivity contribution in [3.05, 3.63) is 114 Å². The van der Waals surface area contributed by atoms with Gasteiger partial charge in [-0.2, -0.15) is 13.2 Å². The van der Waals surface area contributed by atoms with E-state index in [2.05, 4.69) is 15.3 Å². The number of hydrogen-bond acceptors (Lipinski definition) is 11. The largest absolute Gasteiger partial charge is 0.490 e. The molecule has 2 aliphatic rings. The second-order valence-corrected chi connectivity index (χ2v) is 14.8. The topological polar surface area (TPSA) is 166 Å². The minimum atomic E-state index is -4.63. The molecule has 58 heavy (non-hydrogen) atoms. The molecule has 1 fully saturated rings. The molecule has 2 aromatic carbocycles. The van der Waals surface area contributed by atoms with Gasteiger partial charge < -0.3 is 34.4 Å². The number of carbonyl (C=O) groups excluding carboxylic acids is 2. The van der Waals surface area contributed by atoms with Crippen molar-refractivity contribution in [1.29, 1.82) is 0 Å². The van der Waals surface area contributed by atoms with Gasteiger partial charge in [0, 0.05) is 72.6 Å². The van der Waals surface area contributed by atoms with Gasteiger partial charge in [-0.3, -0.25) is 24.4 Å². The number of benzene rings is 2. The number of nitrogens with one attached hydrogen (secondary N) is 2. The monoisotopic (exact) mass is 822 g/mol. The fraction of sp³-hybridized carbons (Fsp3) is 0.366. The first-order valence-electron chi connectivity index (χ1n) is 18.8. The third kappa shape index (κ3) is 10.4. The third-order valence-corrected chi connectivity index (χ3v) is 10.4. The first-order valence-corrected chi connectivity index (χ1v) is 19.1. The van der Waals surface area contributed by atoms with E-state index in [1.165, 1.54) is 6.20 Å². The lowest BCUT2D eigenvalue weighted by Crippen LogP contribution is -2.60. The van der Waals surface area contributed by atoms with E-state index in [9.17, 15) is 33.0 Å². The van der Waals surface area contributed by atoms with Crippen LogP contribution in [-0.2, 0) is 22.6 Å². The van der Waals surface area contributed by atoms with Gasteiger partial charge in [-0.15, -0.1) is 0 Å². The van der Waals surface area contributed by atoms with E-state index in [0.29, 0.717) is 45.7 Å². The Hall–Kier alpha value is -5.26. The van der Waals surface area contributed by atoms with Gasteiger partial charge in [-0.25, -0.2) is 4.98 Å². The predicted octanol–water partition coefficient (Wildman–Crippen LogP) is 5.04. The Bertz CT molecular complexity index is 2150. The van der Waals surface area contributed by atoms with Crippen LogP contribution in [0.25, 0.3) is 22.6 Å². The number of hydrogen-bond donors (Lipinski definition) is 4. The van der Waals surface area contributed by atoms with Crippen LogP contribution in [0.15, 0.2) is 100 Å². The number of aromatic nitrogens is 2. The Kier molecular flexibility index (Phi) is 12.8. The van der Waals surface area contributed by atoms with Gasteiger partial charge in [-0.05, 0) is 61.0 Å². The van der Waals surface area contributed by atoms with E-state index in [4.69, 9.17) is 25.2 Å². The molecule has 306 valence electrons. The minimum absolute atomic E-state index is 0.0332. The van der Waals surface area contributed by atoms with Crippen molar-refractivity contribution in [2.24, 2.45) is 5.92 Å². The van der Waals surface area contributed by atoms with Crippen molar-refractivity contribution in [2.75, 3.05) is 39.3 Å². The van der Waals surface area contributed by atoms with Gasteiger partial charge in [0.2, 0.25) is 11.8 Å². The van der Waals surface area contributed by atoms with Crippen LogP contribution in [0.5, 0.6) is 5.75 Å². The second-order valence-electron chi connectivity index (χ2n) is 14.4. The number of carbonyl (C=O) groups is 2. The highest BCUT2D eigenvalue weighted by molar-refractivity contribution is 6.30. The maximum absolute atomic E-state index is 14.1.